The van der Waals surface area contributed by atoms with E-state index in [1.165, 1.54) is 12.8 Å². The van der Waals surface area contributed by atoms with Crippen LogP contribution in [0, 0.1) is 0 Å². The van der Waals surface area contributed by atoms with Crippen LogP contribution in [-0.4, -0.2) is 30.1 Å². The van der Waals surface area contributed by atoms with Gasteiger partial charge >= 0.3 is 0 Å². The molecule has 0 bridgehead atoms. The summed E-state index contributed by atoms with van der Waals surface area (Å²) >= 11 is 1.66. The summed E-state index contributed by atoms with van der Waals surface area (Å²) in [6.07, 6.45) is 2.38. The first-order chi connectivity index (χ1) is 8.76. The van der Waals surface area contributed by atoms with Crippen LogP contribution >= 0.6 is 11.3 Å². The second-order valence-corrected chi connectivity index (χ2v) is 5.21. The maximum absolute atomic E-state index is 4.63. The van der Waals surface area contributed by atoms with Crippen molar-refractivity contribution in [1.29, 1.82) is 0 Å². The quantitative estimate of drug-likeness (QED) is 0.868. The second kappa shape index (κ2) is 6.00. The molecule has 0 saturated heterocycles. The molecule has 0 amide bonds. The van der Waals surface area contributed by atoms with E-state index >= 15 is 0 Å². The number of nitrogens with one attached hydrogen (secondary N) is 1. The van der Waals surface area contributed by atoms with E-state index in [1.807, 2.05) is 0 Å². The molecule has 0 aromatic carbocycles. The number of thiophene rings is 1. The van der Waals surface area contributed by atoms with Crippen LogP contribution < -0.4 is 10.2 Å². The normalized spacial score (nSPS) is 10.8. The fraction of sp³-hybridized carbons (Fsp3) is 0.538. The molecule has 0 spiro atoms. The van der Waals surface area contributed by atoms with Crippen molar-refractivity contribution in [3.8, 4) is 0 Å². The lowest BCUT2D eigenvalue weighted by molar-refractivity contribution is 0.761. The van der Waals surface area contributed by atoms with Gasteiger partial charge in [-0.05, 0) is 24.8 Å². The molecule has 18 heavy (non-hydrogen) atoms. The van der Waals surface area contributed by atoms with Crippen LogP contribution in [0.2, 0.25) is 0 Å². The molecule has 0 fully saturated rings. The molecule has 0 aliphatic heterocycles. The minimum absolute atomic E-state index is 0.728. The summed E-state index contributed by atoms with van der Waals surface area (Å²) in [5.41, 5.74) is 0. The number of hydrogen-bond acceptors (Lipinski definition) is 5. The first-order valence-corrected chi connectivity index (χ1v) is 7.34. The van der Waals surface area contributed by atoms with Gasteiger partial charge in [-0.3, -0.25) is 0 Å². The Balaban J connectivity index is 2.36. The molecule has 0 aliphatic carbocycles. The van der Waals surface area contributed by atoms with Crippen molar-refractivity contribution in [2.45, 2.75) is 26.7 Å². The van der Waals surface area contributed by atoms with Gasteiger partial charge in [0, 0.05) is 20.1 Å². The van der Waals surface area contributed by atoms with Crippen LogP contribution in [0.1, 0.15) is 26.7 Å². The molecule has 4 nitrogen and oxygen atoms in total. The largest absolute Gasteiger partial charge is 0.359 e. The average Bonchev–Trinajstić information content (AvgIpc) is 2.83. The van der Waals surface area contributed by atoms with Gasteiger partial charge in [0.05, 0.1) is 5.39 Å². The molecule has 2 aromatic rings. The van der Waals surface area contributed by atoms with E-state index in [0.717, 1.165) is 35.1 Å². The first-order valence-electron chi connectivity index (χ1n) is 6.46. The zero-order valence-corrected chi connectivity index (χ0v) is 12.0. The lowest BCUT2D eigenvalue weighted by atomic mass is 10.3. The highest BCUT2D eigenvalue weighted by molar-refractivity contribution is 7.16. The zero-order valence-electron chi connectivity index (χ0n) is 11.2. The van der Waals surface area contributed by atoms with Crippen LogP contribution in [0.3, 0.4) is 0 Å². The molecule has 1 N–H and O–H groups in total. The molecule has 0 saturated carbocycles. The van der Waals surface area contributed by atoms with Gasteiger partial charge in [-0.15, -0.1) is 11.3 Å². The number of aromatic nitrogens is 2. The summed E-state index contributed by atoms with van der Waals surface area (Å²) in [7, 11) is 2.10. The summed E-state index contributed by atoms with van der Waals surface area (Å²) in [6, 6.07) is 2.10. The van der Waals surface area contributed by atoms with Gasteiger partial charge in [0.2, 0.25) is 5.95 Å². The highest BCUT2D eigenvalue weighted by atomic mass is 32.1. The van der Waals surface area contributed by atoms with Gasteiger partial charge in [0.15, 0.2) is 0 Å². The van der Waals surface area contributed by atoms with Crippen LogP contribution in [0.25, 0.3) is 10.2 Å². The minimum atomic E-state index is 0.728. The molecule has 0 atom stereocenters. The Morgan fingerprint density at radius 2 is 2.17 bits per heavy atom. The van der Waals surface area contributed by atoms with E-state index in [-0.39, 0.29) is 0 Å². The number of rotatable bonds is 6. The predicted octanol–water partition coefficient (Wildman–Crippen LogP) is 3.36. The first kappa shape index (κ1) is 13.1. The number of anilines is 2. The molecule has 0 unspecified atom stereocenters. The summed E-state index contributed by atoms with van der Waals surface area (Å²) in [4.78, 5) is 12.4. The Labute approximate surface area is 112 Å². The average molecular weight is 264 g/mol. The van der Waals surface area contributed by atoms with Crippen molar-refractivity contribution >= 4 is 33.3 Å². The van der Waals surface area contributed by atoms with E-state index in [9.17, 15) is 0 Å². The van der Waals surface area contributed by atoms with Crippen molar-refractivity contribution < 1.29 is 0 Å². The zero-order chi connectivity index (χ0) is 13.0. The molecule has 2 aromatic heterocycles. The molecular weight excluding hydrogens is 244 g/mol. The highest BCUT2D eigenvalue weighted by Crippen LogP contribution is 2.28. The number of fused-ring (bicyclic) bond motifs is 1. The third kappa shape index (κ3) is 2.72. The summed E-state index contributed by atoms with van der Waals surface area (Å²) in [5.74, 6) is 1.76. The summed E-state index contributed by atoms with van der Waals surface area (Å²) in [5, 5.41) is 6.43. The number of unbranched alkanes of at least 4 members (excludes halogenated alkanes) is 1. The maximum Gasteiger partial charge on any atom is 0.226 e. The second-order valence-electron chi connectivity index (χ2n) is 4.32. The predicted molar refractivity (Wildman–Crippen MR) is 79.8 cm³/mol. The van der Waals surface area contributed by atoms with Gasteiger partial charge in [0.1, 0.15) is 10.6 Å². The van der Waals surface area contributed by atoms with Gasteiger partial charge in [-0.2, -0.15) is 4.98 Å². The van der Waals surface area contributed by atoms with Crippen LogP contribution in [0.4, 0.5) is 11.8 Å². The van der Waals surface area contributed by atoms with Crippen LogP contribution in [0.5, 0.6) is 0 Å². The Morgan fingerprint density at radius 3 is 2.89 bits per heavy atom. The molecule has 98 valence electrons. The van der Waals surface area contributed by atoms with Gasteiger partial charge in [0.25, 0.3) is 0 Å². The molecule has 0 aliphatic rings. The van der Waals surface area contributed by atoms with Crippen molar-refractivity contribution in [3.63, 3.8) is 0 Å². The summed E-state index contributed by atoms with van der Waals surface area (Å²) < 4.78 is 0. The summed E-state index contributed by atoms with van der Waals surface area (Å²) in [6.45, 7) is 6.14. The monoisotopic (exact) mass is 264 g/mol. The van der Waals surface area contributed by atoms with Crippen molar-refractivity contribution in [3.05, 3.63) is 11.4 Å². The number of nitrogens with zero attached hydrogens (tertiary/aromatic N) is 3. The highest BCUT2D eigenvalue weighted by Gasteiger charge is 2.11. The third-order valence-corrected chi connectivity index (χ3v) is 3.66. The molecule has 5 heteroatoms. The van der Waals surface area contributed by atoms with E-state index < -0.39 is 0 Å². The fourth-order valence-electron chi connectivity index (χ4n) is 1.87. The van der Waals surface area contributed by atoms with E-state index in [0.29, 0.717) is 0 Å². The van der Waals surface area contributed by atoms with Crippen molar-refractivity contribution in [2.24, 2.45) is 0 Å². The van der Waals surface area contributed by atoms with Crippen molar-refractivity contribution in [2.75, 3.05) is 30.4 Å². The minimum Gasteiger partial charge on any atom is -0.359 e. The van der Waals surface area contributed by atoms with Crippen LogP contribution in [0.15, 0.2) is 11.4 Å². The third-order valence-electron chi connectivity index (χ3n) is 2.85. The Bertz CT molecular complexity index is 509. The van der Waals surface area contributed by atoms with E-state index in [1.54, 1.807) is 11.3 Å². The molecule has 0 radical (unpaired) electrons. The topological polar surface area (TPSA) is 41.1 Å². The molecular formula is C13H20N4S. The lowest BCUT2D eigenvalue weighted by Gasteiger charge is -2.19. The SMILES string of the molecule is CCCCN(C)c1nc(NCC)nc2sccc12. The fourth-order valence-corrected chi connectivity index (χ4v) is 2.63. The van der Waals surface area contributed by atoms with Gasteiger partial charge in [-0.25, -0.2) is 4.98 Å². The van der Waals surface area contributed by atoms with Gasteiger partial charge in [-0.1, -0.05) is 13.3 Å². The number of hydrogen-bond donors (Lipinski definition) is 1. The Kier molecular flexibility index (Phi) is 4.36. The molecule has 2 heterocycles. The molecule has 2 rings (SSSR count). The lowest BCUT2D eigenvalue weighted by Crippen LogP contribution is -2.20. The standard InChI is InChI=1S/C13H20N4S/c1-4-6-8-17(3)11-10-7-9-18-12(10)16-13(15-11)14-5-2/h7,9H,4-6,8H2,1-3H3,(H,14,15,16). The Hall–Kier alpha value is -1.36. The maximum atomic E-state index is 4.63. The van der Waals surface area contributed by atoms with Crippen molar-refractivity contribution in [1.82, 2.24) is 9.97 Å². The van der Waals surface area contributed by atoms with E-state index in [2.05, 4.69) is 52.5 Å². The smallest absolute Gasteiger partial charge is 0.226 e. The van der Waals surface area contributed by atoms with Crippen LogP contribution in [-0.2, 0) is 0 Å². The van der Waals surface area contributed by atoms with Gasteiger partial charge < -0.3 is 10.2 Å². The van der Waals surface area contributed by atoms with E-state index in [4.69, 9.17) is 0 Å². The Morgan fingerprint density at radius 1 is 1.33 bits per heavy atom.